The van der Waals surface area contributed by atoms with E-state index in [0.29, 0.717) is 5.41 Å². The molecule has 1 nitrogen and oxygen atoms in total. The average molecular weight is 151 g/mol. The van der Waals surface area contributed by atoms with Crippen LogP contribution in [0.3, 0.4) is 0 Å². The second kappa shape index (κ2) is 3.21. The standard InChI is InChI=1S/C10H17N/c1-4-10(9(2)11-3)7-5-6-8-10/h5-6H,4,7-8H2,1-3H3. The summed E-state index contributed by atoms with van der Waals surface area (Å²) in [6.07, 6.45) is 8.14. The van der Waals surface area contributed by atoms with Gasteiger partial charge in [-0.3, -0.25) is 4.99 Å². The van der Waals surface area contributed by atoms with Crippen LogP contribution in [0.5, 0.6) is 0 Å². The largest absolute Gasteiger partial charge is 0.297 e. The van der Waals surface area contributed by atoms with Crippen LogP contribution in [0.15, 0.2) is 17.1 Å². The summed E-state index contributed by atoms with van der Waals surface area (Å²) in [7, 11) is 1.89. The third-order valence-electron chi connectivity index (χ3n) is 2.96. The molecule has 1 aliphatic rings. The minimum absolute atomic E-state index is 0.384. The van der Waals surface area contributed by atoms with Crippen LogP contribution in [0.2, 0.25) is 0 Å². The number of allylic oxidation sites excluding steroid dienone is 2. The van der Waals surface area contributed by atoms with Crippen LogP contribution in [0.4, 0.5) is 0 Å². The van der Waals surface area contributed by atoms with Crippen molar-refractivity contribution in [2.75, 3.05) is 7.05 Å². The molecule has 1 rings (SSSR count). The highest BCUT2D eigenvalue weighted by atomic mass is 14.7. The molecule has 0 fully saturated rings. The molecule has 0 bridgehead atoms. The van der Waals surface area contributed by atoms with E-state index in [4.69, 9.17) is 0 Å². The predicted molar refractivity (Wildman–Crippen MR) is 50.1 cm³/mol. The summed E-state index contributed by atoms with van der Waals surface area (Å²) in [6.45, 7) is 4.40. The van der Waals surface area contributed by atoms with E-state index < -0.39 is 0 Å². The van der Waals surface area contributed by atoms with Crippen molar-refractivity contribution in [2.24, 2.45) is 10.4 Å². The Morgan fingerprint density at radius 3 is 2.36 bits per heavy atom. The SMILES string of the molecule is CCC1(C(C)=NC)CC=CC1. The molecule has 0 saturated carbocycles. The molecule has 0 heterocycles. The Balaban J connectivity index is 2.77. The van der Waals surface area contributed by atoms with Crippen LogP contribution in [0.25, 0.3) is 0 Å². The van der Waals surface area contributed by atoms with Gasteiger partial charge in [0.05, 0.1) is 0 Å². The van der Waals surface area contributed by atoms with Crippen LogP contribution < -0.4 is 0 Å². The fraction of sp³-hybridized carbons (Fsp3) is 0.700. The summed E-state index contributed by atoms with van der Waals surface area (Å²) in [4.78, 5) is 4.29. The molecule has 0 unspecified atom stereocenters. The van der Waals surface area contributed by atoms with Gasteiger partial charge in [-0.15, -0.1) is 0 Å². The zero-order valence-electron chi connectivity index (χ0n) is 7.72. The monoisotopic (exact) mass is 151 g/mol. The molecule has 62 valence electrons. The second-order valence-electron chi connectivity index (χ2n) is 3.32. The van der Waals surface area contributed by atoms with Gasteiger partial charge in [0.25, 0.3) is 0 Å². The smallest absolute Gasteiger partial charge is 0.0276 e. The summed E-state index contributed by atoms with van der Waals surface area (Å²) in [6, 6.07) is 0. The number of nitrogens with zero attached hydrogens (tertiary/aromatic N) is 1. The zero-order chi connectivity index (χ0) is 8.32. The van der Waals surface area contributed by atoms with Gasteiger partial charge in [0.1, 0.15) is 0 Å². The lowest BCUT2D eigenvalue weighted by Gasteiger charge is -2.27. The molecule has 0 aromatic carbocycles. The Morgan fingerprint density at radius 1 is 1.45 bits per heavy atom. The van der Waals surface area contributed by atoms with Crippen molar-refractivity contribution < 1.29 is 0 Å². The van der Waals surface area contributed by atoms with Crippen LogP contribution in [0.1, 0.15) is 33.1 Å². The van der Waals surface area contributed by atoms with E-state index in [-0.39, 0.29) is 0 Å². The predicted octanol–water partition coefficient (Wildman–Crippen LogP) is 2.82. The van der Waals surface area contributed by atoms with E-state index in [1.165, 1.54) is 25.0 Å². The number of hydrogen-bond donors (Lipinski definition) is 0. The van der Waals surface area contributed by atoms with Gasteiger partial charge in [-0.2, -0.15) is 0 Å². The maximum absolute atomic E-state index is 4.29. The van der Waals surface area contributed by atoms with E-state index in [1.807, 2.05) is 7.05 Å². The molecule has 0 N–H and O–H groups in total. The molecule has 0 aliphatic heterocycles. The maximum Gasteiger partial charge on any atom is 0.0276 e. The maximum atomic E-state index is 4.29. The topological polar surface area (TPSA) is 12.4 Å². The molecule has 11 heavy (non-hydrogen) atoms. The first-order chi connectivity index (χ1) is 5.25. The molecule has 0 aromatic heterocycles. The minimum atomic E-state index is 0.384. The lowest BCUT2D eigenvalue weighted by molar-refractivity contribution is 0.433. The number of hydrogen-bond acceptors (Lipinski definition) is 1. The van der Waals surface area contributed by atoms with E-state index in [0.717, 1.165) is 0 Å². The van der Waals surface area contributed by atoms with Crippen LogP contribution in [-0.2, 0) is 0 Å². The molecule has 1 heteroatoms. The van der Waals surface area contributed by atoms with Gasteiger partial charge in [0, 0.05) is 18.2 Å². The molecule has 1 aliphatic carbocycles. The van der Waals surface area contributed by atoms with Crippen molar-refractivity contribution in [1.29, 1.82) is 0 Å². The van der Waals surface area contributed by atoms with Crippen LogP contribution >= 0.6 is 0 Å². The number of rotatable bonds is 2. The Kier molecular flexibility index (Phi) is 2.48. The fourth-order valence-corrected chi connectivity index (χ4v) is 1.78. The van der Waals surface area contributed by atoms with Gasteiger partial charge in [-0.05, 0) is 26.2 Å². The van der Waals surface area contributed by atoms with Crippen molar-refractivity contribution in [3.05, 3.63) is 12.2 Å². The summed E-state index contributed by atoms with van der Waals surface area (Å²) in [5.41, 5.74) is 1.69. The molecular weight excluding hydrogens is 134 g/mol. The van der Waals surface area contributed by atoms with E-state index >= 15 is 0 Å². The van der Waals surface area contributed by atoms with Gasteiger partial charge >= 0.3 is 0 Å². The Morgan fingerprint density at radius 2 is 2.00 bits per heavy atom. The summed E-state index contributed by atoms with van der Waals surface area (Å²) < 4.78 is 0. The van der Waals surface area contributed by atoms with Crippen molar-refractivity contribution in [2.45, 2.75) is 33.1 Å². The lowest BCUT2D eigenvalue weighted by atomic mass is 9.78. The van der Waals surface area contributed by atoms with Crippen molar-refractivity contribution in [3.8, 4) is 0 Å². The first kappa shape index (κ1) is 8.51. The van der Waals surface area contributed by atoms with Gasteiger partial charge in [-0.25, -0.2) is 0 Å². The molecule has 0 saturated heterocycles. The van der Waals surface area contributed by atoms with Crippen molar-refractivity contribution in [1.82, 2.24) is 0 Å². The Bertz CT molecular complexity index is 181. The van der Waals surface area contributed by atoms with Crippen LogP contribution in [-0.4, -0.2) is 12.8 Å². The van der Waals surface area contributed by atoms with Gasteiger partial charge in [0.15, 0.2) is 0 Å². The second-order valence-corrected chi connectivity index (χ2v) is 3.32. The quantitative estimate of drug-likeness (QED) is 0.425. The molecule has 0 aromatic rings. The average Bonchev–Trinajstić information content (AvgIpc) is 2.52. The Labute approximate surface area is 69.2 Å². The highest BCUT2D eigenvalue weighted by Gasteiger charge is 2.31. The highest BCUT2D eigenvalue weighted by molar-refractivity contribution is 5.88. The van der Waals surface area contributed by atoms with Gasteiger partial charge < -0.3 is 0 Å². The summed E-state index contributed by atoms with van der Waals surface area (Å²) in [5, 5.41) is 0. The van der Waals surface area contributed by atoms with E-state index in [9.17, 15) is 0 Å². The van der Waals surface area contributed by atoms with Crippen molar-refractivity contribution in [3.63, 3.8) is 0 Å². The molecular formula is C10H17N. The zero-order valence-corrected chi connectivity index (χ0v) is 7.72. The first-order valence-corrected chi connectivity index (χ1v) is 4.34. The third-order valence-corrected chi connectivity index (χ3v) is 2.96. The third kappa shape index (κ3) is 1.37. The van der Waals surface area contributed by atoms with Gasteiger partial charge in [0.2, 0.25) is 0 Å². The van der Waals surface area contributed by atoms with Crippen molar-refractivity contribution >= 4 is 5.71 Å². The molecule has 0 atom stereocenters. The highest BCUT2D eigenvalue weighted by Crippen LogP contribution is 2.37. The summed E-state index contributed by atoms with van der Waals surface area (Å²) in [5.74, 6) is 0. The van der Waals surface area contributed by atoms with E-state index in [1.54, 1.807) is 0 Å². The van der Waals surface area contributed by atoms with Gasteiger partial charge in [-0.1, -0.05) is 19.1 Å². The fourth-order valence-electron chi connectivity index (χ4n) is 1.78. The summed E-state index contributed by atoms with van der Waals surface area (Å²) >= 11 is 0. The normalized spacial score (nSPS) is 22.6. The lowest BCUT2D eigenvalue weighted by Crippen LogP contribution is -2.25. The first-order valence-electron chi connectivity index (χ1n) is 4.34. The Hall–Kier alpha value is -0.590. The number of aliphatic imine (C=N–C) groups is 1. The molecule has 0 radical (unpaired) electrons. The minimum Gasteiger partial charge on any atom is -0.297 e. The molecule has 0 amide bonds. The van der Waals surface area contributed by atoms with Crippen LogP contribution in [0, 0.1) is 5.41 Å². The molecule has 0 spiro atoms. The van der Waals surface area contributed by atoms with E-state index in [2.05, 4.69) is 31.0 Å².